The van der Waals surface area contributed by atoms with E-state index in [1.807, 2.05) is 0 Å². The number of rotatable bonds is 4. The molecule has 31 heavy (non-hydrogen) atoms. The maximum Gasteiger partial charge on any atom is 0.335 e. The van der Waals surface area contributed by atoms with Crippen molar-refractivity contribution in [3.05, 3.63) is 81.3 Å². The van der Waals surface area contributed by atoms with Crippen molar-refractivity contribution in [1.82, 2.24) is 10.3 Å². The highest BCUT2D eigenvalue weighted by Crippen LogP contribution is 2.32. The van der Waals surface area contributed by atoms with Crippen molar-refractivity contribution in [2.75, 3.05) is 4.90 Å². The fourth-order valence-electron chi connectivity index (χ4n) is 2.92. The Morgan fingerprint density at radius 3 is 2.55 bits per heavy atom. The van der Waals surface area contributed by atoms with Gasteiger partial charge in [0.1, 0.15) is 22.1 Å². The van der Waals surface area contributed by atoms with Gasteiger partial charge in [-0.2, -0.15) is 0 Å². The molecule has 1 fully saturated rings. The molecule has 0 unspecified atom stereocenters. The Bertz CT molecular complexity index is 1270. The number of furan rings is 1. The molecule has 1 N–H and O–H groups in total. The van der Waals surface area contributed by atoms with E-state index in [2.05, 4.69) is 10.3 Å². The zero-order valence-corrected chi connectivity index (χ0v) is 16.2. The number of nitro benzene ring substituents is 1. The van der Waals surface area contributed by atoms with E-state index < -0.39 is 22.8 Å². The summed E-state index contributed by atoms with van der Waals surface area (Å²) in [6.07, 6.45) is 3.99. The Morgan fingerprint density at radius 1 is 1.10 bits per heavy atom. The molecule has 11 heteroatoms. The number of nitrogens with one attached hydrogen (secondary N) is 1. The van der Waals surface area contributed by atoms with Gasteiger partial charge in [0.15, 0.2) is 0 Å². The first-order valence-corrected chi connectivity index (χ1v) is 9.08. The van der Waals surface area contributed by atoms with Crippen LogP contribution in [0.3, 0.4) is 0 Å². The van der Waals surface area contributed by atoms with Gasteiger partial charge in [-0.1, -0.05) is 11.6 Å². The van der Waals surface area contributed by atoms with Crippen molar-refractivity contribution in [1.29, 1.82) is 0 Å². The fourth-order valence-corrected chi connectivity index (χ4v) is 3.11. The van der Waals surface area contributed by atoms with Gasteiger partial charge >= 0.3 is 6.03 Å². The number of benzene rings is 1. The van der Waals surface area contributed by atoms with Crippen molar-refractivity contribution in [3.8, 4) is 11.3 Å². The largest absolute Gasteiger partial charge is 0.457 e. The van der Waals surface area contributed by atoms with E-state index in [0.717, 1.165) is 4.90 Å². The lowest BCUT2D eigenvalue weighted by Crippen LogP contribution is -2.54. The summed E-state index contributed by atoms with van der Waals surface area (Å²) in [4.78, 5) is 52.3. The molecule has 0 atom stereocenters. The molecule has 0 saturated carbocycles. The summed E-state index contributed by atoms with van der Waals surface area (Å²) in [5.74, 6) is -1.31. The van der Waals surface area contributed by atoms with Gasteiger partial charge in [0, 0.05) is 24.0 Å². The second-order valence-electron chi connectivity index (χ2n) is 6.29. The molecular formula is C20H11ClN4O6. The monoisotopic (exact) mass is 438 g/mol. The Kier molecular flexibility index (Phi) is 5.05. The average Bonchev–Trinajstić information content (AvgIpc) is 3.20. The first-order valence-electron chi connectivity index (χ1n) is 8.71. The standard InChI is InChI=1S/C20H11ClN4O6/c21-15-3-1-11(9-16(15)25(29)30)17-4-2-13(31-17)10-14-18(26)23-20(28)24(19(14)27)12-5-7-22-8-6-12/h1-10H,(H,23,26,28)/b14-10-. The number of aromatic nitrogens is 1. The third kappa shape index (κ3) is 3.79. The van der Waals surface area contributed by atoms with E-state index in [-0.39, 0.29) is 33.5 Å². The predicted molar refractivity (Wildman–Crippen MR) is 109 cm³/mol. The summed E-state index contributed by atoms with van der Waals surface area (Å²) < 4.78 is 5.62. The molecule has 0 bridgehead atoms. The van der Waals surface area contributed by atoms with Gasteiger partial charge in [0.2, 0.25) is 0 Å². The first-order chi connectivity index (χ1) is 14.8. The van der Waals surface area contributed by atoms with Crippen LogP contribution in [0, 0.1) is 10.1 Å². The number of carbonyl (C=O) groups is 3. The summed E-state index contributed by atoms with van der Waals surface area (Å²) >= 11 is 5.82. The van der Waals surface area contributed by atoms with Crippen LogP contribution in [0.5, 0.6) is 0 Å². The SMILES string of the molecule is O=C1NC(=O)N(c2ccncc2)C(=O)/C1=C\c1ccc(-c2ccc(Cl)c([N+](=O)[O-])c2)o1. The summed E-state index contributed by atoms with van der Waals surface area (Å²) in [7, 11) is 0. The quantitative estimate of drug-likeness (QED) is 0.284. The third-order valence-electron chi connectivity index (χ3n) is 4.36. The minimum Gasteiger partial charge on any atom is -0.457 e. The molecule has 2 aromatic heterocycles. The Hall–Kier alpha value is -4.31. The van der Waals surface area contributed by atoms with Gasteiger partial charge in [0.05, 0.1) is 10.6 Å². The lowest BCUT2D eigenvalue weighted by molar-refractivity contribution is -0.384. The third-order valence-corrected chi connectivity index (χ3v) is 4.68. The Morgan fingerprint density at radius 2 is 1.84 bits per heavy atom. The van der Waals surface area contributed by atoms with Gasteiger partial charge in [-0.25, -0.2) is 9.69 Å². The van der Waals surface area contributed by atoms with Crippen molar-refractivity contribution in [3.63, 3.8) is 0 Å². The Balaban J connectivity index is 1.67. The number of barbiturate groups is 1. The van der Waals surface area contributed by atoms with E-state index in [1.165, 1.54) is 60.9 Å². The van der Waals surface area contributed by atoms with E-state index >= 15 is 0 Å². The van der Waals surface area contributed by atoms with Crippen LogP contribution in [0.1, 0.15) is 5.76 Å². The van der Waals surface area contributed by atoms with Crippen LogP contribution < -0.4 is 10.2 Å². The van der Waals surface area contributed by atoms with Crippen LogP contribution >= 0.6 is 11.6 Å². The highest BCUT2D eigenvalue weighted by molar-refractivity contribution is 6.39. The smallest absolute Gasteiger partial charge is 0.335 e. The maximum absolute atomic E-state index is 12.8. The number of carbonyl (C=O) groups excluding carboxylic acids is 3. The number of nitrogens with zero attached hydrogens (tertiary/aromatic N) is 3. The number of pyridine rings is 1. The number of anilines is 1. The van der Waals surface area contributed by atoms with Crippen molar-refractivity contribution >= 4 is 46.9 Å². The van der Waals surface area contributed by atoms with Crippen molar-refractivity contribution < 1.29 is 23.7 Å². The summed E-state index contributed by atoms with van der Waals surface area (Å²) in [6.45, 7) is 0. The molecule has 0 aliphatic carbocycles. The summed E-state index contributed by atoms with van der Waals surface area (Å²) in [6, 6.07) is 9.17. The second-order valence-corrected chi connectivity index (χ2v) is 6.70. The summed E-state index contributed by atoms with van der Waals surface area (Å²) in [5, 5.41) is 13.2. The van der Waals surface area contributed by atoms with Crippen LogP contribution in [0.15, 0.2) is 64.8 Å². The van der Waals surface area contributed by atoms with Gasteiger partial charge in [-0.15, -0.1) is 0 Å². The first kappa shape index (κ1) is 20.0. The molecule has 154 valence electrons. The Labute approximate surface area is 178 Å². The van der Waals surface area contributed by atoms with Crippen LogP contribution in [-0.4, -0.2) is 27.8 Å². The lowest BCUT2D eigenvalue weighted by Gasteiger charge is -2.25. The second kappa shape index (κ2) is 7.84. The lowest BCUT2D eigenvalue weighted by atomic mass is 10.1. The van der Waals surface area contributed by atoms with Gasteiger partial charge in [-0.3, -0.25) is 30.0 Å². The van der Waals surface area contributed by atoms with E-state index in [4.69, 9.17) is 16.0 Å². The normalized spacial score (nSPS) is 15.3. The van der Waals surface area contributed by atoms with Crippen LogP contribution in [0.4, 0.5) is 16.2 Å². The number of amides is 4. The molecule has 4 amide bonds. The minimum atomic E-state index is -0.882. The van der Waals surface area contributed by atoms with Crippen molar-refractivity contribution in [2.24, 2.45) is 0 Å². The van der Waals surface area contributed by atoms with Crippen LogP contribution in [0.2, 0.25) is 5.02 Å². The number of hydrogen-bond donors (Lipinski definition) is 1. The maximum atomic E-state index is 12.8. The average molecular weight is 439 g/mol. The number of urea groups is 1. The van der Waals surface area contributed by atoms with E-state index in [9.17, 15) is 24.5 Å². The van der Waals surface area contributed by atoms with Gasteiger partial charge in [0.25, 0.3) is 17.5 Å². The highest BCUT2D eigenvalue weighted by Gasteiger charge is 2.37. The predicted octanol–water partition coefficient (Wildman–Crippen LogP) is 3.57. The van der Waals surface area contributed by atoms with Gasteiger partial charge in [-0.05, 0) is 42.5 Å². The molecule has 0 radical (unpaired) electrons. The summed E-state index contributed by atoms with van der Waals surface area (Å²) in [5.41, 5.74) is 0.0153. The molecule has 3 heterocycles. The molecule has 1 saturated heterocycles. The minimum absolute atomic E-state index is 0.0204. The molecule has 1 aliphatic rings. The van der Waals surface area contributed by atoms with E-state index in [0.29, 0.717) is 5.56 Å². The molecule has 1 aliphatic heterocycles. The van der Waals surface area contributed by atoms with Crippen LogP contribution in [0.25, 0.3) is 17.4 Å². The zero-order valence-electron chi connectivity index (χ0n) is 15.4. The van der Waals surface area contributed by atoms with Gasteiger partial charge < -0.3 is 4.42 Å². The molecular weight excluding hydrogens is 428 g/mol. The number of hydrogen-bond acceptors (Lipinski definition) is 7. The molecule has 10 nitrogen and oxygen atoms in total. The zero-order chi connectivity index (χ0) is 22.1. The molecule has 4 rings (SSSR count). The number of halogens is 1. The van der Waals surface area contributed by atoms with Crippen LogP contribution in [-0.2, 0) is 9.59 Å². The highest BCUT2D eigenvalue weighted by atomic mass is 35.5. The number of nitro groups is 1. The molecule has 3 aromatic rings. The number of imide groups is 2. The molecule has 0 spiro atoms. The fraction of sp³-hybridized carbons (Fsp3) is 0. The molecule has 1 aromatic carbocycles. The topological polar surface area (TPSA) is 136 Å². The van der Waals surface area contributed by atoms with E-state index in [1.54, 1.807) is 0 Å². The van der Waals surface area contributed by atoms with Crippen molar-refractivity contribution in [2.45, 2.75) is 0 Å².